The largest absolute Gasteiger partial charge is 0.573 e. The SMILES string of the molecule is CN1CCN(c2ccc(OC(F)(F)F)c(Nc3nccc(-c4cccn4CC(F)(F)F)n3)c2)CC1. The predicted molar refractivity (Wildman–Crippen MR) is 118 cm³/mol. The van der Waals surface area contributed by atoms with E-state index in [1.165, 1.54) is 42.7 Å². The van der Waals surface area contributed by atoms with Crippen LogP contribution in [0.3, 0.4) is 0 Å². The molecule has 1 N–H and O–H groups in total. The number of nitrogens with zero attached hydrogens (tertiary/aromatic N) is 5. The summed E-state index contributed by atoms with van der Waals surface area (Å²) in [5, 5.41) is 2.74. The van der Waals surface area contributed by atoms with Crippen LogP contribution in [0, 0.1) is 0 Å². The van der Waals surface area contributed by atoms with Crippen LogP contribution >= 0.6 is 0 Å². The van der Waals surface area contributed by atoms with Crippen LogP contribution in [-0.2, 0) is 6.54 Å². The topological polar surface area (TPSA) is 58.5 Å². The van der Waals surface area contributed by atoms with Crippen LogP contribution in [-0.4, -0.2) is 65.2 Å². The third-order valence-corrected chi connectivity index (χ3v) is 5.40. The molecule has 0 spiro atoms. The molecule has 0 atom stereocenters. The van der Waals surface area contributed by atoms with Gasteiger partial charge in [-0.2, -0.15) is 13.2 Å². The first kappa shape index (κ1) is 24.6. The fourth-order valence-electron chi connectivity index (χ4n) is 3.75. The van der Waals surface area contributed by atoms with Gasteiger partial charge >= 0.3 is 12.5 Å². The van der Waals surface area contributed by atoms with E-state index >= 15 is 0 Å². The number of ether oxygens (including phenoxy) is 1. The van der Waals surface area contributed by atoms with Crippen LogP contribution in [0.25, 0.3) is 11.4 Å². The molecule has 35 heavy (non-hydrogen) atoms. The molecule has 2 aromatic heterocycles. The summed E-state index contributed by atoms with van der Waals surface area (Å²) in [6, 6.07) is 8.59. The predicted octanol–water partition coefficient (Wildman–Crippen LogP) is 4.90. The van der Waals surface area contributed by atoms with E-state index in [1.807, 2.05) is 11.9 Å². The molecular formula is C22H22F6N6O. The first-order valence-electron chi connectivity index (χ1n) is 10.6. The van der Waals surface area contributed by atoms with Crippen LogP contribution in [0.1, 0.15) is 0 Å². The molecule has 1 aliphatic rings. The maximum atomic E-state index is 13.0. The van der Waals surface area contributed by atoms with Gasteiger partial charge in [-0.15, -0.1) is 13.2 Å². The first-order valence-corrected chi connectivity index (χ1v) is 10.6. The van der Waals surface area contributed by atoms with Gasteiger partial charge in [-0.05, 0) is 43.4 Å². The Morgan fingerprint density at radius 1 is 1.00 bits per heavy atom. The molecule has 0 saturated carbocycles. The van der Waals surface area contributed by atoms with Gasteiger partial charge in [0, 0.05) is 44.3 Å². The molecule has 1 saturated heterocycles. The average molecular weight is 500 g/mol. The van der Waals surface area contributed by atoms with Gasteiger partial charge in [0.25, 0.3) is 0 Å². The summed E-state index contributed by atoms with van der Waals surface area (Å²) in [6.45, 7) is 1.77. The molecule has 1 aromatic carbocycles. The molecule has 188 valence electrons. The van der Waals surface area contributed by atoms with Crippen molar-refractivity contribution in [1.29, 1.82) is 0 Å². The number of aromatic nitrogens is 3. The number of likely N-dealkylation sites (N-methyl/N-ethyl adjacent to an activating group) is 1. The number of hydrogen-bond donors (Lipinski definition) is 1. The second kappa shape index (κ2) is 9.64. The maximum Gasteiger partial charge on any atom is 0.573 e. The van der Waals surface area contributed by atoms with Gasteiger partial charge in [-0.25, -0.2) is 9.97 Å². The molecule has 3 aromatic rings. The molecule has 1 aliphatic heterocycles. The lowest BCUT2D eigenvalue weighted by molar-refractivity contribution is -0.274. The van der Waals surface area contributed by atoms with Gasteiger partial charge in [0.2, 0.25) is 5.95 Å². The monoisotopic (exact) mass is 500 g/mol. The zero-order valence-corrected chi connectivity index (χ0v) is 18.6. The standard InChI is InChI=1S/C22H22F6N6O/c1-32-9-11-33(12-10-32)15-4-5-19(35-22(26,27)28)17(13-15)31-20-29-7-6-16(30-20)18-3-2-8-34(18)14-21(23,24)25/h2-8,13H,9-12,14H2,1H3,(H,29,30,31). The highest BCUT2D eigenvalue weighted by molar-refractivity contribution is 5.70. The summed E-state index contributed by atoms with van der Waals surface area (Å²) < 4.78 is 82.8. The van der Waals surface area contributed by atoms with Gasteiger partial charge in [-0.3, -0.25) is 0 Å². The van der Waals surface area contributed by atoms with Crippen molar-refractivity contribution in [3.63, 3.8) is 0 Å². The summed E-state index contributed by atoms with van der Waals surface area (Å²) in [4.78, 5) is 12.4. The number of rotatable bonds is 6. The van der Waals surface area contributed by atoms with E-state index in [0.29, 0.717) is 18.8 Å². The molecule has 0 unspecified atom stereocenters. The van der Waals surface area contributed by atoms with Crippen molar-refractivity contribution in [2.75, 3.05) is 43.4 Å². The van der Waals surface area contributed by atoms with Gasteiger partial charge in [0.15, 0.2) is 5.75 Å². The van der Waals surface area contributed by atoms with Crippen molar-refractivity contribution in [2.24, 2.45) is 0 Å². The molecule has 1 fully saturated rings. The van der Waals surface area contributed by atoms with E-state index in [0.717, 1.165) is 17.7 Å². The lowest BCUT2D eigenvalue weighted by Crippen LogP contribution is -2.44. The third kappa shape index (κ3) is 6.56. The fourth-order valence-corrected chi connectivity index (χ4v) is 3.75. The molecule has 3 heterocycles. The summed E-state index contributed by atoms with van der Waals surface area (Å²) in [5.41, 5.74) is 1.02. The number of benzene rings is 1. The van der Waals surface area contributed by atoms with Crippen LogP contribution in [0.15, 0.2) is 48.8 Å². The number of anilines is 3. The molecule has 13 heteroatoms. The number of piperazine rings is 1. The smallest absolute Gasteiger partial charge is 0.404 e. The Labute approximate surface area is 196 Å². The van der Waals surface area contributed by atoms with Crippen molar-refractivity contribution in [2.45, 2.75) is 19.1 Å². The Morgan fingerprint density at radius 2 is 1.74 bits per heavy atom. The van der Waals surface area contributed by atoms with E-state index < -0.39 is 24.8 Å². The zero-order valence-electron chi connectivity index (χ0n) is 18.6. The molecule has 0 radical (unpaired) electrons. The average Bonchev–Trinajstić information content (AvgIpc) is 3.21. The Kier molecular flexibility index (Phi) is 6.79. The molecule has 0 amide bonds. The van der Waals surface area contributed by atoms with Crippen molar-refractivity contribution < 1.29 is 31.1 Å². The van der Waals surface area contributed by atoms with Crippen molar-refractivity contribution >= 4 is 17.3 Å². The molecule has 0 bridgehead atoms. The van der Waals surface area contributed by atoms with Gasteiger partial charge < -0.3 is 24.4 Å². The minimum absolute atomic E-state index is 0.0263. The Bertz CT molecular complexity index is 1150. The minimum Gasteiger partial charge on any atom is -0.404 e. The summed E-state index contributed by atoms with van der Waals surface area (Å²) in [6.07, 6.45) is -6.78. The first-order chi connectivity index (χ1) is 16.5. The second-order valence-electron chi connectivity index (χ2n) is 8.05. The van der Waals surface area contributed by atoms with Gasteiger partial charge in [0.1, 0.15) is 6.54 Å². The fraction of sp³-hybridized carbons (Fsp3) is 0.364. The lowest BCUT2D eigenvalue weighted by Gasteiger charge is -2.34. The van der Waals surface area contributed by atoms with Crippen molar-refractivity contribution in [3.05, 3.63) is 48.8 Å². The number of alkyl halides is 6. The Hall–Kier alpha value is -3.48. The van der Waals surface area contributed by atoms with E-state index in [-0.39, 0.29) is 23.0 Å². The van der Waals surface area contributed by atoms with Gasteiger partial charge in [0.05, 0.1) is 17.1 Å². The summed E-state index contributed by atoms with van der Waals surface area (Å²) in [7, 11) is 1.99. The number of halogens is 6. The minimum atomic E-state index is -4.92. The normalized spacial score (nSPS) is 15.3. The third-order valence-electron chi connectivity index (χ3n) is 5.40. The Balaban J connectivity index is 1.64. The van der Waals surface area contributed by atoms with E-state index in [1.54, 1.807) is 6.07 Å². The van der Waals surface area contributed by atoms with Crippen LogP contribution in [0.2, 0.25) is 0 Å². The highest BCUT2D eigenvalue weighted by Gasteiger charge is 2.33. The highest BCUT2D eigenvalue weighted by Crippen LogP contribution is 2.35. The molecule has 7 nitrogen and oxygen atoms in total. The van der Waals surface area contributed by atoms with Crippen LogP contribution in [0.4, 0.5) is 43.7 Å². The van der Waals surface area contributed by atoms with Crippen molar-refractivity contribution in [1.82, 2.24) is 19.4 Å². The number of nitrogens with one attached hydrogen (secondary N) is 1. The van der Waals surface area contributed by atoms with E-state index in [2.05, 4.69) is 24.9 Å². The van der Waals surface area contributed by atoms with Crippen molar-refractivity contribution in [3.8, 4) is 17.1 Å². The quantitative estimate of drug-likeness (QED) is 0.486. The van der Waals surface area contributed by atoms with Crippen LogP contribution in [0.5, 0.6) is 5.75 Å². The van der Waals surface area contributed by atoms with Crippen LogP contribution < -0.4 is 15.0 Å². The molecule has 0 aliphatic carbocycles. The van der Waals surface area contributed by atoms with E-state index in [9.17, 15) is 26.3 Å². The Morgan fingerprint density at radius 3 is 2.43 bits per heavy atom. The molecule has 4 rings (SSSR count). The molecular weight excluding hydrogens is 478 g/mol. The maximum absolute atomic E-state index is 13.0. The van der Waals surface area contributed by atoms with E-state index in [4.69, 9.17) is 0 Å². The lowest BCUT2D eigenvalue weighted by atomic mass is 10.2. The zero-order chi connectivity index (χ0) is 25.2. The summed E-state index contributed by atoms with van der Waals surface area (Å²) >= 11 is 0. The highest BCUT2D eigenvalue weighted by atomic mass is 19.4. The summed E-state index contributed by atoms with van der Waals surface area (Å²) in [5.74, 6) is -0.574. The second-order valence-corrected chi connectivity index (χ2v) is 8.05. The number of hydrogen-bond acceptors (Lipinski definition) is 6. The van der Waals surface area contributed by atoms with Gasteiger partial charge in [-0.1, -0.05) is 0 Å².